The first-order valence-electron chi connectivity index (χ1n) is 5.97. The van der Waals surface area contributed by atoms with Crippen molar-refractivity contribution >= 4 is 0 Å². The molecule has 0 aliphatic heterocycles. The van der Waals surface area contributed by atoms with Crippen LogP contribution in [0.3, 0.4) is 0 Å². The molecule has 0 saturated carbocycles. The van der Waals surface area contributed by atoms with Crippen LogP contribution in [0.2, 0.25) is 0 Å². The number of nitrogens with one attached hydrogen (secondary N) is 1. The fourth-order valence-electron chi connectivity index (χ4n) is 1.66. The van der Waals surface area contributed by atoms with Crippen LogP contribution in [-0.4, -0.2) is 12.6 Å². The van der Waals surface area contributed by atoms with Crippen LogP contribution >= 0.6 is 0 Å². The van der Waals surface area contributed by atoms with Gasteiger partial charge in [-0.15, -0.1) is 0 Å². The molecule has 2 atom stereocenters. The molecule has 0 aromatic carbocycles. The Kier molecular flexibility index (Phi) is 8.53. The van der Waals surface area contributed by atoms with Crippen molar-refractivity contribution in [3.63, 3.8) is 0 Å². The highest BCUT2D eigenvalue weighted by atomic mass is 14.9. The molecule has 0 fully saturated rings. The maximum Gasteiger partial charge on any atom is 0.00643 e. The molecule has 0 spiro atoms. The Morgan fingerprint density at radius 3 is 2.15 bits per heavy atom. The highest BCUT2D eigenvalue weighted by Crippen LogP contribution is 2.13. The zero-order valence-corrected chi connectivity index (χ0v) is 9.90. The van der Waals surface area contributed by atoms with E-state index in [4.69, 9.17) is 0 Å². The summed E-state index contributed by atoms with van der Waals surface area (Å²) in [5.74, 6) is 0.916. The Hall–Kier alpha value is -0.0400. The summed E-state index contributed by atoms with van der Waals surface area (Å²) in [5.41, 5.74) is 0. The quantitative estimate of drug-likeness (QED) is 0.609. The van der Waals surface area contributed by atoms with Gasteiger partial charge in [-0.25, -0.2) is 0 Å². The monoisotopic (exact) mass is 185 g/mol. The van der Waals surface area contributed by atoms with Gasteiger partial charge in [-0.3, -0.25) is 0 Å². The lowest BCUT2D eigenvalue weighted by Gasteiger charge is -2.16. The smallest absolute Gasteiger partial charge is 0.00643 e. The van der Waals surface area contributed by atoms with E-state index >= 15 is 0 Å². The number of hydrogen-bond acceptors (Lipinski definition) is 1. The molecule has 0 bridgehead atoms. The summed E-state index contributed by atoms with van der Waals surface area (Å²) in [4.78, 5) is 0. The standard InChI is InChI=1S/C12H27N/c1-5-11(4)9-8-10-12(6-2)13-7-3/h11-13H,5-10H2,1-4H3. The predicted molar refractivity (Wildman–Crippen MR) is 61.1 cm³/mol. The first-order chi connectivity index (χ1) is 6.24. The van der Waals surface area contributed by atoms with Gasteiger partial charge in [-0.2, -0.15) is 0 Å². The molecule has 1 N–H and O–H groups in total. The van der Waals surface area contributed by atoms with Gasteiger partial charge in [0.25, 0.3) is 0 Å². The van der Waals surface area contributed by atoms with E-state index in [9.17, 15) is 0 Å². The van der Waals surface area contributed by atoms with Crippen molar-refractivity contribution in [3.8, 4) is 0 Å². The minimum absolute atomic E-state index is 0.758. The number of rotatable bonds is 8. The Morgan fingerprint density at radius 2 is 1.69 bits per heavy atom. The lowest BCUT2D eigenvalue weighted by Crippen LogP contribution is -2.27. The molecule has 0 heterocycles. The van der Waals surface area contributed by atoms with E-state index in [-0.39, 0.29) is 0 Å². The molecular weight excluding hydrogens is 158 g/mol. The molecule has 0 radical (unpaired) electrons. The van der Waals surface area contributed by atoms with Crippen LogP contribution in [0.5, 0.6) is 0 Å². The second-order valence-electron chi connectivity index (χ2n) is 4.11. The minimum atomic E-state index is 0.758. The molecule has 0 aromatic rings. The van der Waals surface area contributed by atoms with Gasteiger partial charge >= 0.3 is 0 Å². The topological polar surface area (TPSA) is 12.0 Å². The summed E-state index contributed by atoms with van der Waals surface area (Å²) in [6.07, 6.45) is 6.75. The SMILES string of the molecule is CCNC(CC)CCCC(C)CC. The Morgan fingerprint density at radius 1 is 1.00 bits per heavy atom. The molecular formula is C12H27N. The zero-order valence-electron chi connectivity index (χ0n) is 9.90. The summed E-state index contributed by atoms with van der Waals surface area (Å²) in [6, 6.07) is 0.758. The van der Waals surface area contributed by atoms with Crippen LogP contribution < -0.4 is 5.32 Å². The zero-order chi connectivity index (χ0) is 10.1. The number of hydrogen-bond donors (Lipinski definition) is 1. The Balaban J connectivity index is 3.37. The second kappa shape index (κ2) is 8.55. The van der Waals surface area contributed by atoms with Crippen LogP contribution in [0.25, 0.3) is 0 Å². The maximum atomic E-state index is 3.52. The predicted octanol–water partition coefficient (Wildman–Crippen LogP) is 3.59. The lowest BCUT2D eigenvalue weighted by molar-refractivity contribution is 0.419. The van der Waals surface area contributed by atoms with E-state index < -0.39 is 0 Å². The average Bonchev–Trinajstić information content (AvgIpc) is 2.16. The largest absolute Gasteiger partial charge is 0.314 e. The van der Waals surface area contributed by atoms with E-state index in [0.717, 1.165) is 18.5 Å². The highest BCUT2D eigenvalue weighted by molar-refractivity contribution is 4.64. The van der Waals surface area contributed by atoms with E-state index in [0.29, 0.717) is 0 Å². The summed E-state index contributed by atoms with van der Waals surface area (Å²) in [5, 5.41) is 3.52. The maximum absolute atomic E-state index is 3.52. The van der Waals surface area contributed by atoms with Crippen LogP contribution in [0.4, 0.5) is 0 Å². The minimum Gasteiger partial charge on any atom is -0.314 e. The van der Waals surface area contributed by atoms with Crippen molar-refractivity contribution in [3.05, 3.63) is 0 Å². The van der Waals surface area contributed by atoms with Gasteiger partial charge in [0.05, 0.1) is 0 Å². The van der Waals surface area contributed by atoms with E-state index in [1.54, 1.807) is 0 Å². The molecule has 0 aromatic heterocycles. The molecule has 0 amide bonds. The molecule has 80 valence electrons. The van der Waals surface area contributed by atoms with Gasteiger partial charge in [-0.1, -0.05) is 47.0 Å². The summed E-state index contributed by atoms with van der Waals surface area (Å²) in [6.45, 7) is 10.2. The average molecular weight is 185 g/mol. The molecule has 1 nitrogen and oxygen atoms in total. The van der Waals surface area contributed by atoms with Crippen molar-refractivity contribution in [1.82, 2.24) is 5.32 Å². The van der Waals surface area contributed by atoms with E-state index in [1.165, 1.54) is 32.1 Å². The molecule has 0 aliphatic carbocycles. The van der Waals surface area contributed by atoms with Crippen molar-refractivity contribution in [2.24, 2.45) is 5.92 Å². The molecule has 1 heteroatoms. The van der Waals surface area contributed by atoms with Gasteiger partial charge in [0, 0.05) is 6.04 Å². The molecule has 0 aliphatic rings. The van der Waals surface area contributed by atoms with Crippen molar-refractivity contribution in [1.29, 1.82) is 0 Å². The molecule has 0 rings (SSSR count). The van der Waals surface area contributed by atoms with E-state index in [2.05, 4.69) is 33.0 Å². The first-order valence-corrected chi connectivity index (χ1v) is 5.97. The summed E-state index contributed by atoms with van der Waals surface area (Å²) < 4.78 is 0. The molecule has 2 unspecified atom stereocenters. The fourth-order valence-corrected chi connectivity index (χ4v) is 1.66. The second-order valence-corrected chi connectivity index (χ2v) is 4.11. The van der Waals surface area contributed by atoms with Crippen LogP contribution in [0.1, 0.15) is 59.8 Å². The van der Waals surface area contributed by atoms with Gasteiger partial charge in [0.2, 0.25) is 0 Å². The third-order valence-electron chi connectivity index (χ3n) is 2.93. The van der Waals surface area contributed by atoms with Crippen molar-refractivity contribution in [2.75, 3.05) is 6.54 Å². The van der Waals surface area contributed by atoms with Crippen molar-refractivity contribution in [2.45, 2.75) is 65.8 Å². The Bertz CT molecular complexity index is 101. The fraction of sp³-hybridized carbons (Fsp3) is 1.00. The lowest BCUT2D eigenvalue weighted by atomic mass is 9.98. The Labute approximate surface area is 84.3 Å². The molecule has 13 heavy (non-hydrogen) atoms. The van der Waals surface area contributed by atoms with E-state index in [1.807, 2.05) is 0 Å². The molecule has 0 saturated heterocycles. The highest BCUT2D eigenvalue weighted by Gasteiger charge is 2.05. The summed E-state index contributed by atoms with van der Waals surface area (Å²) >= 11 is 0. The summed E-state index contributed by atoms with van der Waals surface area (Å²) in [7, 11) is 0. The van der Waals surface area contributed by atoms with Crippen LogP contribution in [0.15, 0.2) is 0 Å². The normalized spacial score (nSPS) is 15.7. The third kappa shape index (κ3) is 7.06. The van der Waals surface area contributed by atoms with Gasteiger partial charge in [0.15, 0.2) is 0 Å². The van der Waals surface area contributed by atoms with Gasteiger partial charge in [0.1, 0.15) is 0 Å². The van der Waals surface area contributed by atoms with Crippen LogP contribution in [-0.2, 0) is 0 Å². The van der Waals surface area contributed by atoms with Gasteiger partial charge in [-0.05, 0) is 25.3 Å². The third-order valence-corrected chi connectivity index (χ3v) is 2.93. The van der Waals surface area contributed by atoms with Crippen LogP contribution in [0, 0.1) is 5.92 Å². The first kappa shape index (κ1) is 13.0. The van der Waals surface area contributed by atoms with Crippen molar-refractivity contribution < 1.29 is 0 Å². The van der Waals surface area contributed by atoms with Gasteiger partial charge < -0.3 is 5.32 Å².